The van der Waals surface area contributed by atoms with E-state index >= 15 is 0 Å². The Morgan fingerprint density at radius 1 is 1.18 bits per heavy atom. The number of hydrogen-bond donors (Lipinski definition) is 0. The van der Waals surface area contributed by atoms with Crippen LogP contribution in [0.4, 0.5) is 5.69 Å². The number of anilines is 1. The fraction of sp³-hybridized carbons (Fsp3) is 0.286. The Labute approximate surface area is 100 Å². The van der Waals surface area contributed by atoms with Crippen molar-refractivity contribution in [1.29, 1.82) is 0 Å². The predicted octanol–water partition coefficient (Wildman–Crippen LogP) is 2.65. The summed E-state index contributed by atoms with van der Waals surface area (Å²) in [6.07, 6.45) is 5.09. The molecule has 0 bridgehead atoms. The van der Waals surface area contributed by atoms with Crippen LogP contribution in [0.1, 0.15) is 23.2 Å². The van der Waals surface area contributed by atoms with Crippen LogP contribution in [0, 0.1) is 0 Å². The van der Waals surface area contributed by atoms with Crippen molar-refractivity contribution < 1.29 is 4.79 Å². The van der Waals surface area contributed by atoms with Crippen LogP contribution < -0.4 is 4.90 Å². The molecule has 0 saturated carbocycles. The highest BCUT2D eigenvalue weighted by molar-refractivity contribution is 5.97. The number of pyridine rings is 1. The monoisotopic (exact) mass is 226 g/mol. The van der Waals surface area contributed by atoms with Gasteiger partial charge >= 0.3 is 0 Å². The van der Waals surface area contributed by atoms with E-state index in [1.165, 1.54) is 18.5 Å². The maximum atomic E-state index is 11.0. The van der Waals surface area contributed by atoms with E-state index in [4.69, 9.17) is 0 Å². The van der Waals surface area contributed by atoms with Crippen molar-refractivity contribution in [2.75, 3.05) is 18.0 Å². The van der Waals surface area contributed by atoms with Gasteiger partial charge in [0.25, 0.3) is 0 Å². The summed E-state index contributed by atoms with van der Waals surface area (Å²) in [5, 5.41) is 0.951. The first kappa shape index (κ1) is 10.3. The molecule has 1 saturated heterocycles. The van der Waals surface area contributed by atoms with Crippen molar-refractivity contribution in [3.63, 3.8) is 0 Å². The smallest absolute Gasteiger partial charge is 0.150 e. The molecular formula is C14H14N2O. The third-order valence-corrected chi connectivity index (χ3v) is 3.36. The van der Waals surface area contributed by atoms with Gasteiger partial charge in [-0.1, -0.05) is 0 Å². The summed E-state index contributed by atoms with van der Waals surface area (Å²) in [5.74, 6) is 0. The first-order valence-corrected chi connectivity index (χ1v) is 5.97. The van der Waals surface area contributed by atoms with Gasteiger partial charge in [0.2, 0.25) is 0 Å². The predicted molar refractivity (Wildman–Crippen MR) is 68.6 cm³/mol. The average molecular weight is 226 g/mol. The van der Waals surface area contributed by atoms with E-state index in [0.717, 1.165) is 35.8 Å². The van der Waals surface area contributed by atoms with Crippen molar-refractivity contribution in [1.82, 2.24) is 4.98 Å². The zero-order valence-electron chi connectivity index (χ0n) is 9.60. The van der Waals surface area contributed by atoms with Crippen LogP contribution in [0.15, 0.2) is 30.5 Å². The zero-order chi connectivity index (χ0) is 11.7. The van der Waals surface area contributed by atoms with Gasteiger partial charge in [0.1, 0.15) is 0 Å². The van der Waals surface area contributed by atoms with Crippen LogP contribution in [0.2, 0.25) is 0 Å². The Morgan fingerprint density at radius 3 is 2.76 bits per heavy atom. The molecule has 86 valence electrons. The van der Waals surface area contributed by atoms with Crippen molar-refractivity contribution in [2.45, 2.75) is 12.8 Å². The second-order valence-electron chi connectivity index (χ2n) is 4.41. The lowest BCUT2D eigenvalue weighted by Gasteiger charge is -2.18. The Bertz CT molecular complexity index is 559. The van der Waals surface area contributed by atoms with E-state index in [1.807, 2.05) is 6.07 Å². The lowest BCUT2D eigenvalue weighted by atomic mass is 10.1. The topological polar surface area (TPSA) is 33.2 Å². The Hall–Kier alpha value is -1.90. The average Bonchev–Trinajstić information content (AvgIpc) is 2.91. The molecule has 1 aliphatic rings. The Kier molecular flexibility index (Phi) is 2.52. The normalized spacial score (nSPS) is 15.4. The van der Waals surface area contributed by atoms with Crippen molar-refractivity contribution in [3.8, 4) is 0 Å². The highest BCUT2D eigenvalue weighted by atomic mass is 16.1. The summed E-state index contributed by atoms with van der Waals surface area (Å²) >= 11 is 0. The number of benzene rings is 1. The van der Waals surface area contributed by atoms with Gasteiger partial charge in [-0.2, -0.15) is 0 Å². The largest absolute Gasteiger partial charge is 0.372 e. The third kappa shape index (κ3) is 1.78. The van der Waals surface area contributed by atoms with Crippen molar-refractivity contribution >= 4 is 22.9 Å². The third-order valence-electron chi connectivity index (χ3n) is 3.36. The van der Waals surface area contributed by atoms with E-state index < -0.39 is 0 Å². The highest BCUT2D eigenvalue weighted by Crippen LogP contribution is 2.25. The van der Waals surface area contributed by atoms with Gasteiger partial charge in [0.15, 0.2) is 6.29 Å². The number of hydrogen-bond acceptors (Lipinski definition) is 3. The molecule has 0 atom stereocenters. The van der Waals surface area contributed by atoms with Gasteiger partial charge in [0.05, 0.1) is 5.52 Å². The quantitative estimate of drug-likeness (QED) is 0.738. The molecule has 0 radical (unpaired) electrons. The molecule has 2 aromatic rings. The van der Waals surface area contributed by atoms with Gasteiger partial charge in [-0.25, -0.2) is 0 Å². The van der Waals surface area contributed by atoms with Crippen LogP contribution in [-0.2, 0) is 0 Å². The van der Waals surface area contributed by atoms with Crippen LogP contribution in [-0.4, -0.2) is 24.4 Å². The molecule has 1 fully saturated rings. The summed E-state index contributed by atoms with van der Waals surface area (Å²) in [7, 11) is 0. The van der Waals surface area contributed by atoms with Crippen molar-refractivity contribution in [2.24, 2.45) is 0 Å². The molecule has 1 aromatic carbocycles. The number of nitrogens with zero attached hydrogens (tertiary/aromatic N) is 2. The molecular weight excluding hydrogens is 212 g/mol. The first-order chi connectivity index (χ1) is 8.38. The first-order valence-electron chi connectivity index (χ1n) is 5.97. The van der Waals surface area contributed by atoms with Crippen LogP contribution >= 0.6 is 0 Å². The van der Waals surface area contributed by atoms with Crippen molar-refractivity contribution in [3.05, 3.63) is 36.0 Å². The lowest BCUT2D eigenvalue weighted by molar-refractivity contribution is 0.112. The second kappa shape index (κ2) is 4.17. The molecule has 0 N–H and O–H groups in total. The Balaban J connectivity index is 2.13. The summed E-state index contributed by atoms with van der Waals surface area (Å²) < 4.78 is 0. The zero-order valence-corrected chi connectivity index (χ0v) is 9.60. The highest BCUT2D eigenvalue weighted by Gasteiger charge is 2.13. The van der Waals surface area contributed by atoms with E-state index in [9.17, 15) is 4.79 Å². The minimum atomic E-state index is 0.719. The minimum absolute atomic E-state index is 0.719. The van der Waals surface area contributed by atoms with Gasteiger partial charge < -0.3 is 4.90 Å². The number of carbonyl (C=O) groups is 1. The van der Waals surface area contributed by atoms with Crippen LogP contribution in [0.5, 0.6) is 0 Å². The standard InChI is InChI=1S/C14H14N2O/c17-10-11-5-6-15-14-4-3-12(9-13(11)14)16-7-1-2-8-16/h3-6,9-10H,1-2,7-8H2. The second-order valence-corrected chi connectivity index (χ2v) is 4.41. The molecule has 3 heteroatoms. The number of rotatable bonds is 2. The molecule has 2 heterocycles. The molecule has 17 heavy (non-hydrogen) atoms. The lowest BCUT2D eigenvalue weighted by Crippen LogP contribution is -2.17. The molecule has 0 unspecified atom stereocenters. The number of carbonyl (C=O) groups excluding carboxylic acids is 1. The van der Waals surface area contributed by atoms with Gasteiger partial charge in [-0.15, -0.1) is 0 Å². The number of fused-ring (bicyclic) bond motifs is 1. The van der Waals surface area contributed by atoms with E-state index in [2.05, 4.69) is 22.0 Å². The maximum Gasteiger partial charge on any atom is 0.150 e. The van der Waals surface area contributed by atoms with Gasteiger partial charge in [-0.05, 0) is 37.1 Å². The molecule has 1 aliphatic heterocycles. The maximum absolute atomic E-state index is 11.0. The molecule has 0 aliphatic carbocycles. The molecule has 0 amide bonds. The number of aromatic nitrogens is 1. The number of aldehydes is 1. The van der Waals surface area contributed by atoms with E-state index in [1.54, 1.807) is 12.3 Å². The molecule has 1 aromatic heterocycles. The van der Waals surface area contributed by atoms with Gasteiger partial charge in [0, 0.05) is 35.9 Å². The molecule has 3 rings (SSSR count). The summed E-state index contributed by atoms with van der Waals surface area (Å²) in [6.45, 7) is 2.23. The van der Waals surface area contributed by atoms with Crippen LogP contribution in [0.3, 0.4) is 0 Å². The van der Waals surface area contributed by atoms with E-state index in [-0.39, 0.29) is 0 Å². The minimum Gasteiger partial charge on any atom is -0.372 e. The van der Waals surface area contributed by atoms with Crippen LogP contribution in [0.25, 0.3) is 10.9 Å². The van der Waals surface area contributed by atoms with Gasteiger partial charge in [-0.3, -0.25) is 9.78 Å². The molecule has 0 spiro atoms. The Morgan fingerprint density at radius 2 is 2.00 bits per heavy atom. The SMILES string of the molecule is O=Cc1ccnc2ccc(N3CCCC3)cc12. The van der Waals surface area contributed by atoms with E-state index in [0.29, 0.717) is 0 Å². The molecule has 3 nitrogen and oxygen atoms in total. The fourth-order valence-electron chi connectivity index (χ4n) is 2.43. The fourth-order valence-corrected chi connectivity index (χ4v) is 2.43. The summed E-state index contributed by atoms with van der Waals surface area (Å²) in [5.41, 5.74) is 2.81. The summed E-state index contributed by atoms with van der Waals surface area (Å²) in [6, 6.07) is 7.94. The summed E-state index contributed by atoms with van der Waals surface area (Å²) in [4.78, 5) is 17.7.